The number of hydrogen-bond donors (Lipinski definition) is 3. The number of carbonyl (C=O) groups excluding carboxylic acids is 1. The summed E-state index contributed by atoms with van der Waals surface area (Å²) < 4.78 is 27.0. The van der Waals surface area contributed by atoms with Crippen LogP contribution in [0.25, 0.3) is 10.8 Å². The van der Waals surface area contributed by atoms with Crippen LogP contribution < -0.4 is 10.6 Å². The van der Waals surface area contributed by atoms with Crippen molar-refractivity contribution in [3.8, 4) is 0 Å². The fourth-order valence-electron chi connectivity index (χ4n) is 2.62. The highest BCUT2D eigenvalue weighted by molar-refractivity contribution is 5.90. The molecule has 4 nitrogen and oxygen atoms in total. The van der Waals surface area contributed by atoms with Gasteiger partial charge in [0, 0.05) is 6.54 Å². The summed E-state index contributed by atoms with van der Waals surface area (Å²) in [5.41, 5.74) is 0.134. The Morgan fingerprint density at radius 1 is 0.960 bits per heavy atom. The van der Waals surface area contributed by atoms with Gasteiger partial charge in [0.25, 0.3) is 0 Å². The van der Waals surface area contributed by atoms with Crippen molar-refractivity contribution in [2.24, 2.45) is 0 Å². The van der Waals surface area contributed by atoms with Crippen LogP contribution in [-0.4, -0.2) is 17.7 Å². The molecule has 1 unspecified atom stereocenters. The molecule has 3 N–H and O–H groups in total. The summed E-state index contributed by atoms with van der Waals surface area (Å²) in [6, 6.07) is 15.6. The molecule has 1 atom stereocenters. The lowest BCUT2D eigenvalue weighted by Gasteiger charge is -2.15. The van der Waals surface area contributed by atoms with Gasteiger partial charge in [0.15, 0.2) is 0 Å². The van der Waals surface area contributed by atoms with Crippen LogP contribution in [-0.2, 0) is 0 Å². The number of urea groups is 1. The van der Waals surface area contributed by atoms with Gasteiger partial charge in [-0.05, 0) is 28.5 Å². The molecule has 128 valence electrons. The Morgan fingerprint density at radius 3 is 2.36 bits per heavy atom. The number of benzene rings is 3. The van der Waals surface area contributed by atoms with E-state index in [1.54, 1.807) is 6.07 Å². The first-order chi connectivity index (χ1) is 12.1. The van der Waals surface area contributed by atoms with Crippen molar-refractivity contribution in [1.29, 1.82) is 0 Å². The van der Waals surface area contributed by atoms with Crippen molar-refractivity contribution in [2.75, 3.05) is 11.9 Å². The van der Waals surface area contributed by atoms with Crippen LogP contribution in [0.3, 0.4) is 0 Å². The molecule has 3 aromatic carbocycles. The number of anilines is 1. The van der Waals surface area contributed by atoms with E-state index in [9.17, 15) is 18.7 Å². The van der Waals surface area contributed by atoms with E-state index < -0.39 is 29.5 Å². The Labute approximate surface area is 143 Å². The van der Waals surface area contributed by atoms with Gasteiger partial charge in [0.05, 0.1) is 6.10 Å². The third-order valence-corrected chi connectivity index (χ3v) is 3.84. The van der Waals surface area contributed by atoms with E-state index in [1.165, 1.54) is 6.07 Å². The fraction of sp³-hybridized carbons (Fsp3) is 0.105. The Balaban J connectivity index is 1.67. The van der Waals surface area contributed by atoms with Gasteiger partial charge >= 0.3 is 6.03 Å². The average molecular weight is 342 g/mol. The monoisotopic (exact) mass is 342 g/mol. The van der Waals surface area contributed by atoms with E-state index in [4.69, 9.17) is 0 Å². The molecule has 0 bridgehead atoms. The summed E-state index contributed by atoms with van der Waals surface area (Å²) in [5, 5.41) is 16.7. The van der Waals surface area contributed by atoms with Crippen LogP contribution in [0.2, 0.25) is 0 Å². The number of para-hydroxylation sites is 1. The second kappa shape index (κ2) is 7.27. The van der Waals surface area contributed by atoms with Crippen LogP contribution in [0.4, 0.5) is 19.3 Å². The molecule has 0 fully saturated rings. The predicted molar refractivity (Wildman–Crippen MR) is 92.3 cm³/mol. The molecule has 3 aromatic rings. The van der Waals surface area contributed by atoms with E-state index >= 15 is 0 Å². The predicted octanol–water partition coefficient (Wildman–Crippen LogP) is 3.97. The minimum atomic E-state index is -0.956. The number of rotatable bonds is 4. The van der Waals surface area contributed by atoms with Gasteiger partial charge in [0.1, 0.15) is 17.3 Å². The Kier molecular flexibility index (Phi) is 4.90. The maximum Gasteiger partial charge on any atom is 0.319 e. The number of halogens is 2. The van der Waals surface area contributed by atoms with Gasteiger partial charge < -0.3 is 15.7 Å². The van der Waals surface area contributed by atoms with Crippen molar-refractivity contribution in [3.05, 3.63) is 77.9 Å². The second-order valence-corrected chi connectivity index (χ2v) is 5.52. The Morgan fingerprint density at radius 2 is 1.60 bits per heavy atom. The molecule has 3 rings (SSSR count). The first-order valence-electron chi connectivity index (χ1n) is 7.71. The number of nitrogens with one attached hydrogen (secondary N) is 2. The zero-order valence-electron chi connectivity index (χ0n) is 13.2. The Bertz CT molecular complexity index is 889. The lowest BCUT2D eigenvalue weighted by atomic mass is 10.0. The quantitative estimate of drug-likeness (QED) is 0.672. The topological polar surface area (TPSA) is 61.4 Å². The molecule has 0 spiro atoms. The van der Waals surface area contributed by atoms with Gasteiger partial charge in [-0.3, -0.25) is 0 Å². The molecule has 0 saturated carbocycles. The zero-order chi connectivity index (χ0) is 17.8. The third-order valence-electron chi connectivity index (χ3n) is 3.84. The van der Waals surface area contributed by atoms with Crippen LogP contribution in [0, 0.1) is 11.6 Å². The molecule has 6 heteroatoms. The summed E-state index contributed by atoms with van der Waals surface area (Å²) >= 11 is 0. The molecule has 0 aliphatic carbocycles. The molecule has 0 heterocycles. The maximum atomic E-state index is 13.5. The van der Waals surface area contributed by atoms with Gasteiger partial charge in [0.2, 0.25) is 0 Å². The first-order valence-corrected chi connectivity index (χ1v) is 7.71. The van der Waals surface area contributed by atoms with Crippen molar-refractivity contribution in [2.45, 2.75) is 6.10 Å². The van der Waals surface area contributed by atoms with Crippen molar-refractivity contribution in [1.82, 2.24) is 5.32 Å². The highest BCUT2D eigenvalue weighted by atomic mass is 19.1. The van der Waals surface area contributed by atoms with E-state index in [0.717, 1.165) is 22.9 Å². The number of aliphatic hydroxyl groups excluding tert-OH is 1. The summed E-state index contributed by atoms with van der Waals surface area (Å²) in [6.45, 7) is -0.101. The summed E-state index contributed by atoms with van der Waals surface area (Å²) in [4.78, 5) is 11.8. The lowest BCUT2D eigenvalue weighted by Crippen LogP contribution is -2.33. The SMILES string of the molecule is O=C(NCC(O)c1cccc2ccccc12)Nc1c(F)cccc1F. The normalized spacial score (nSPS) is 12.0. The van der Waals surface area contributed by atoms with Crippen molar-refractivity contribution >= 4 is 22.5 Å². The van der Waals surface area contributed by atoms with E-state index in [-0.39, 0.29) is 6.54 Å². The molecule has 0 saturated heterocycles. The lowest BCUT2D eigenvalue weighted by molar-refractivity contribution is 0.176. The molecule has 2 amide bonds. The molecular formula is C19H16F2N2O2. The van der Waals surface area contributed by atoms with E-state index in [0.29, 0.717) is 5.56 Å². The van der Waals surface area contributed by atoms with Crippen LogP contribution in [0.5, 0.6) is 0 Å². The van der Waals surface area contributed by atoms with Crippen LogP contribution >= 0.6 is 0 Å². The largest absolute Gasteiger partial charge is 0.387 e. The van der Waals surface area contributed by atoms with E-state index in [1.807, 2.05) is 36.4 Å². The number of aliphatic hydroxyl groups is 1. The summed E-state index contributed by atoms with van der Waals surface area (Å²) in [6.07, 6.45) is -0.956. The molecule has 0 aliphatic heterocycles. The molecule has 0 aliphatic rings. The minimum Gasteiger partial charge on any atom is -0.387 e. The molecule has 0 aromatic heterocycles. The van der Waals surface area contributed by atoms with Crippen LogP contribution in [0.15, 0.2) is 60.7 Å². The second-order valence-electron chi connectivity index (χ2n) is 5.52. The van der Waals surface area contributed by atoms with Gasteiger partial charge in [-0.15, -0.1) is 0 Å². The summed E-state index contributed by atoms with van der Waals surface area (Å²) in [7, 11) is 0. The van der Waals surface area contributed by atoms with Crippen molar-refractivity contribution in [3.63, 3.8) is 0 Å². The highest BCUT2D eigenvalue weighted by Gasteiger charge is 2.15. The fourth-order valence-corrected chi connectivity index (χ4v) is 2.62. The maximum absolute atomic E-state index is 13.5. The van der Waals surface area contributed by atoms with Crippen LogP contribution in [0.1, 0.15) is 11.7 Å². The minimum absolute atomic E-state index is 0.101. The third kappa shape index (κ3) is 3.75. The van der Waals surface area contributed by atoms with Gasteiger partial charge in [-0.25, -0.2) is 13.6 Å². The van der Waals surface area contributed by atoms with Gasteiger partial charge in [-0.2, -0.15) is 0 Å². The average Bonchev–Trinajstić information content (AvgIpc) is 2.62. The van der Waals surface area contributed by atoms with Crippen molar-refractivity contribution < 1.29 is 18.7 Å². The number of amides is 2. The first kappa shape index (κ1) is 16.9. The standard InChI is InChI=1S/C19H16F2N2O2/c20-15-9-4-10-16(21)18(15)23-19(25)22-11-17(24)14-8-3-6-12-5-1-2-7-13(12)14/h1-10,17,24H,11H2,(H2,22,23,25). The van der Waals surface area contributed by atoms with Gasteiger partial charge in [-0.1, -0.05) is 48.5 Å². The number of carbonyl (C=O) groups is 1. The summed E-state index contributed by atoms with van der Waals surface area (Å²) in [5.74, 6) is -1.74. The molecule has 25 heavy (non-hydrogen) atoms. The molecule has 0 radical (unpaired) electrons. The molecular weight excluding hydrogens is 326 g/mol. The number of hydrogen-bond acceptors (Lipinski definition) is 2. The van der Waals surface area contributed by atoms with E-state index in [2.05, 4.69) is 10.6 Å². The smallest absolute Gasteiger partial charge is 0.319 e. The number of fused-ring (bicyclic) bond motifs is 1. The Hall–Kier alpha value is -2.99. The zero-order valence-corrected chi connectivity index (χ0v) is 13.2. The highest BCUT2D eigenvalue weighted by Crippen LogP contribution is 2.24.